The molecule has 0 bridgehead atoms. The molecule has 1 aromatic carbocycles. The van der Waals surface area contributed by atoms with Crippen molar-refractivity contribution >= 4 is 11.9 Å². The van der Waals surface area contributed by atoms with E-state index in [2.05, 4.69) is 15.4 Å². The third-order valence-electron chi connectivity index (χ3n) is 2.90. The first-order chi connectivity index (χ1) is 8.24. The highest BCUT2D eigenvalue weighted by Gasteiger charge is 2.23. The zero-order valence-corrected chi connectivity index (χ0v) is 9.10. The Morgan fingerprint density at radius 2 is 2.12 bits per heavy atom. The summed E-state index contributed by atoms with van der Waals surface area (Å²) < 4.78 is 14.6. The Labute approximate surface area is 97.5 Å². The second-order valence-electron chi connectivity index (χ2n) is 4.02. The molecule has 1 aromatic heterocycles. The molecule has 0 aliphatic carbocycles. The van der Waals surface area contributed by atoms with Crippen molar-refractivity contribution in [2.45, 2.75) is 12.5 Å². The Kier molecular flexibility index (Phi) is 2.21. The summed E-state index contributed by atoms with van der Waals surface area (Å²) in [7, 11) is 0. The number of nitrogens with two attached hydrogens (primary N) is 1. The van der Waals surface area contributed by atoms with Gasteiger partial charge in [0.1, 0.15) is 5.82 Å². The molecule has 1 aliphatic rings. The zero-order chi connectivity index (χ0) is 11.8. The van der Waals surface area contributed by atoms with Crippen LogP contribution >= 0.6 is 0 Å². The van der Waals surface area contributed by atoms with E-state index in [0.29, 0.717) is 5.95 Å². The molecule has 0 amide bonds. The second-order valence-corrected chi connectivity index (χ2v) is 4.02. The molecule has 0 spiro atoms. The van der Waals surface area contributed by atoms with Crippen LogP contribution in [0.2, 0.25) is 0 Å². The van der Waals surface area contributed by atoms with Crippen LogP contribution in [0, 0.1) is 5.82 Å². The fraction of sp³-hybridized carbons (Fsp3) is 0.273. The first-order valence-electron chi connectivity index (χ1n) is 5.45. The van der Waals surface area contributed by atoms with Gasteiger partial charge >= 0.3 is 0 Å². The molecule has 5 nitrogen and oxygen atoms in total. The molecule has 2 heterocycles. The fourth-order valence-corrected chi connectivity index (χ4v) is 2.11. The molecular weight excluding hydrogens is 221 g/mol. The summed E-state index contributed by atoms with van der Waals surface area (Å²) in [6.45, 7) is 0.806. The van der Waals surface area contributed by atoms with E-state index in [1.807, 2.05) is 0 Å². The number of nitrogens with zero attached hydrogens (tertiary/aromatic N) is 3. The molecule has 0 radical (unpaired) electrons. The summed E-state index contributed by atoms with van der Waals surface area (Å²) in [4.78, 5) is 4.09. The van der Waals surface area contributed by atoms with Crippen LogP contribution in [-0.2, 0) is 0 Å². The van der Waals surface area contributed by atoms with E-state index in [1.165, 1.54) is 12.1 Å². The van der Waals surface area contributed by atoms with Gasteiger partial charge in [-0.2, -0.15) is 4.98 Å². The minimum absolute atomic E-state index is 0.0663. The third-order valence-corrected chi connectivity index (χ3v) is 2.90. The van der Waals surface area contributed by atoms with Gasteiger partial charge in [-0.15, -0.1) is 5.10 Å². The lowest BCUT2D eigenvalue weighted by molar-refractivity contribution is 0.480. The Balaban J connectivity index is 2.02. The van der Waals surface area contributed by atoms with Crippen LogP contribution in [0.25, 0.3) is 0 Å². The van der Waals surface area contributed by atoms with Gasteiger partial charge in [-0.1, -0.05) is 12.1 Å². The molecule has 0 saturated carbocycles. The van der Waals surface area contributed by atoms with Crippen molar-refractivity contribution in [1.82, 2.24) is 14.8 Å². The summed E-state index contributed by atoms with van der Waals surface area (Å²) in [6.07, 6.45) is 0.876. The molecule has 0 fully saturated rings. The van der Waals surface area contributed by atoms with Crippen LogP contribution in [0.1, 0.15) is 18.0 Å². The lowest BCUT2D eigenvalue weighted by Gasteiger charge is -2.24. The summed E-state index contributed by atoms with van der Waals surface area (Å²) in [6, 6.07) is 6.52. The first kappa shape index (κ1) is 10.1. The highest BCUT2D eigenvalue weighted by molar-refractivity contribution is 5.37. The Hall–Kier alpha value is -2.11. The molecule has 2 aromatic rings. The van der Waals surface area contributed by atoms with Crippen molar-refractivity contribution < 1.29 is 4.39 Å². The highest BCUT2D eigenvalue weighted by Crippen LogP contribution is 2.28. The molecule has 1 unspecified atom stereocenters. The van der Waals surface area contributed by atoms with Crippen LogP contribution in [0.5, 0.6) is 0 Å². The van der Waals surface area contributed by atoms with Gasteiger partial charge in [-0.3, -0.25) is 0 Å². The zero-order valence-electron chi connectivity index (χ0n) is 9.10. The summed E-state index contributed by atoms with van der Waals surface area (Å²) in [5, 5.41) is 7.29. The number of nitrogen functional groups attached to an aromatic ring is 1. The molecule has 3 N–H and O–H groups in total. The van der Waals surface area contributed by atoms with Gasteiger partial charge in [0.25, 0.3) is 0 Å². The maximum atomic E-state index is 12.9. The number of rotatable bonds is 1. The smallest absolute Gasteiger partial charge is 0.241 e. The van der Waals surface area contributed by atoms with Crippen LogP contribution in [0.4, 0.5) is 16.3 Å². The number of hydrogen-bond acceptors (Lipinski definition) is 4. The highest BCUT2D eigenvalue weighted by atomic mass is 19.1. The molecular formula is C11H12FN5. The number of benzene rings is 1. The number of halogens is 1. The van der Waals surface area contributed by atoms with Crippen molar-refractivity contribution in [3.8, 4) is 0 Å². The minimum atomic E-state index is -0.235. The van der Waals surface area contributed by atoms with Crippen molar-refractivity contribution in [2.75, 3.05) is 17.6 Å². The molecule has 0 saturated heterocycles. The number of aromatic nitrogens is 3. The van der Waals surface area contributed by atoms with Crippen molar-refractivity contribution in [1.29, 1.82) is 0 Å². The van der Waals surface area contributed by atoms with Gasteiger partial charge in [0.05, 0.1) is 6.04 Å². The second kappa shape index (κ2) is 3.73. The normalized spacial score (nSPS) is 18.5. The van der Waals surface area contributed by atoms with Gasteiger partial charge < -0.3 is 11.1 Å². The Bertz CT molecular complexity index is 533. The van der Waals surface area contributed by atoms with E-state index < -0.39 is 0 Å². The lowest BCUT2D eigenvalue weighted by atomic mass is 10.0. The van der Waals surface area contributed by atoms with Gasteiger partial charge in [0, 0.05) is 6.54 Å². The maximum absolute atomic E-state index is 12.9. The Morgan fingerprint density at radius 3 is 2.88 bits per heavy atom. The van der Waals surface area contributed by atoms with Crippen LogP contribution in [-0.4, -0.2) is 21.3 Å². The summed E-state index contributed by atoms with van der Waals surface area (Å²) in [5.41, 5.74) is 6.59. The van der Waals surface area contributed by atoms with Gasteiger partial charge in [0.2, 0.25) is 11.9 Å². The molecule has 1 aliphatic heterocycles. The van der Waals surface area contributed by atoms with Crippen LogP contribution in [0.3, 0.4) is 0 Å². The number of fused-ring (bicyclic) bond motifs is 1. The predicted molar refractivity (Wildman–Crippen MR) is 62.1 cm³/mol. The quantitative estimate of drug-likeness (QED) is 0.781. The molecule has 3 rings (SSSR count). The van der Waals surface area contributed by atoms with Gasteiger partial charge in [0.15, 0.2) is 0 Å². The van der Waals surface area contributed by atoms with Crippen LogP contribution in [0.15, 0.2) is 24.3 Å². The van der Waals surface area contributed by atoms with E-state index in [0.717, 1.165) is 18.5 Å². The van der Waals surface area contributed by atoms with E-state index in [4.69, 9.17) is 5.73 Å². The number of anilines is 2. The number of hydrogen-bond donors (Lipinski definition) is 2. The average Bonchev–Trinajstić information content (AvgIpc) is 2.70. The van der Waals surface area contributed by atoms with Gasteiger partial charge in [-0.25, -0.2) is 9.07 Å². The first-order valence-corrected chi connectivity index (χ1v) is 5.45. The van der Waals surface area contributed by atoms with Crippen molar-refractivity contribution in [3.05, 3.63) is 35.6 Å². The summed E-state index contributed by atoms with van der Waals surface area (Å²) in [5.74, 6) is 0.686. The van der Waals surface area contributed by atoms with Crippen LogP contribution < -0.4 is 11.1 Å². The van der Waals surface area contributed by atoms with Crippen molar-refractivity contribution in [2.24, 2.45) is 0 Å². The van der Waals surface area contributed by atoms with Crippen molar-refractivity contribution in [3.63, 3.8) is 0 Å². The fourth-order valence-electron chi connectivity index (χ4n) is 2.11. The predicted octanol–water partition coefficient (Wildman–Crippen LogP) is 1.40. The maximum Gasteiger partial charge on any atom is 0.241 e. The number of nitrogens with one attached hydrogen (secondary N) is 1. The SMILES string of the molecule is Nc1nc2n(n1)C(c1ccc(F)cc1)CCN2. The summed E-state index contributed by atoms with van der Waals surface area (Å²) >= 11 is 0. The third kappa shape index (κ3) is 1.71. The molecule has 6 heteroatoms. The van der Waals surface area contributed by atoms with Gasteiger partial charge in [-0.05, 0) is 24.1 Å². The molecule has 1 atom stereocenters. The topological polar surface area (TPSA) is 68.8 Å². The van der Waals surface area contributed by atoms with E-state index in [9.17, 15) is 4.39 Å². The largest absolute Gasteiger partial charge is 0.366 e. The average molecular weight is 233 g/mol. The molecule has 88 valence electrons. The standard InChI is InChI=1S/C11H12FN5/c12-8-3-1-7(2-4-8)9-5-6-14-11-15-10(13)16-17(9)11/h1-4,9H,5-6H2,(H3,13,14,15,16). The minimum Gasteiger partial charge on any atom is -0.366 e. The van der Waals surface area contributed by atoms with E-state index in [-0.39, 0.29) is 17.8 Å². The molecule has 17 heavy (non-hydrogen) atoms. The lowest BCUT2D eigenvalue weighted by Crippen LogP contribution is -2.24. The van der Waals surface area contributed by atoms with E-state index in [1.54, 1.807) is 16.8 Å². The van der Waals surface area contributed by atoms with E-state index >= 15 is 0 Å². The Morgan fingerprint density at radius 1 is 1.35 bits per heavy atom. The monoisotopic (exact) mass is 233 g/mol.